The molecule has 44 heavy (non-hydrogen) atoms. The molecule has 0 amide bonds. The van der Waals surface area contributed by atoms with Gasteiger partial charge in [-0.15, -0.1) is 0 Å². The van der Waals surface area contributed by atoms with Crippen molar-refractivity contribution in [1.29, 1.82) is 0 Å². The molecule has 5 nitrogen and oxygen atoms in total. The highest BCUT2D eigenvalue weighted by Crippen LogP contribution is 2.42. The molecule has 0 aliphatic carbocycles. The van der Waals surface area contributed by atoms with Gasteiger partial charge in [0.2, 0.25) is 0 Å². The molecule has 0 saturated carbocycles. The summed E-state index contributed by atoms with van der Waals surface area (Å²) in [6.45, 7) is 5.49. The maximum absolute atomic E-state index is 13.4. The topological polar surface area (TPSA) is 64.2 Å². The Bertz CT molecular complexity index is 1790. The normalized spacial score (nSPS) is 12.1. The van der Waals surface area contributed by atoms with Crippen LogP contribution in [-0.4, -0.2) is 28.6 Å². The van der Waals surface area contributed by atoms with Crippen LogP contribution in [0.25, 0.3) is 44.5 Å². The minimum atomic E-state index is -4.57. The summed E-state index contributed by atoms with van der Waals surface area (Å²) in [5.74, 6) is -0.0751. The molecule has 2 heterocycles. The minimum Gasteiger partial charge on any atom is -0.491 e. The lowest BCUT2D eigenvalue weighted by Crippen LogP contribution is -2.05. The number of hydrogen-bond acceptors (Lipinski definition) is 4. The van der Waals surface area contributed by atoms with Gasteiger partial charge in [-0.05, 0) is 68.8 Å². The number of carbonyl (C=O) groups is 1. The zero-order valence-corrected chi connectivity index (χ0v) is 23.7. The van der Waals surface area contributed by atoms with Crippen LogP contribution < -0.4 is 4.74 Å². The lowest BCUT2D eigenvalue weighted by molar-refractivity contribution is -0.138. The predicted molar refractivity (Wildman–Crippen MR) is 154 cm³/mol. The number of nitrogens with one attached hydrogen (secondary N) is 1. The Morgan fingerprint density at radius 2 is 1.27 bits per heavy atom. The van der Waals surface area contributed by atoms with Gasteiger partial charge in [-0.3, -0.25) is 0 Å². The molecule has 0 unspecified atom stereocenters. The first kappa shape index (κ1) is 30.7. The highest BCUT2D eigenvalue weighted by atomic mass is 19.4. The largest absolute Gasteiger partial charge is 0.491 e. The molecule has 228 valence electrons. The van der Waals surface area contributed by atoms with Crippen LogP contribution >= 0.6 is 0 Å². The van der Waals surface area contributed by atoms with E-state index in [1.54, 1.807) is 31.2 Å². The van der Waals surface area contributed by atoms with E-state index in [9.17, 15) is 31.1 Å². The molecule has 2 aromatic heterocycles. The van der Waals surface area contributed by atoms with E-state index >= 15 is 0 Å². The summed E-state index contributed by atoms with van der Waals surface area (Å²) in [5.41, 5.74) is 0.902. The monoisotopic (exact) mass is 612 g/mol. The first-order valence-corrected chi connectivity index (χ1v) is 13.6. The van der Waals surface area contributed by atoms with E-state index in [2.05, 4.69) is 4.98 Å². The van der Waals surface area contributed by atoms with Crippen molar-refractivity contribution in [2.24, 2.45) is 0 Å². The number of esters is 1. The van der Waals surface area contributed by atoms with Crippen LogP contribution in [-0.2, 0) is 17.1 Å². The van der Waals surface area contributed by atoms with Gasteiger partial charge < -0.3 is 14.5 Å². The molecular weight excluding hydrogens is 586 g/mol. The van der Waals surface area contributed by atoms with Crippen molar-refractivity contribution in [3.63, 3.8) is 0 Å². The van der Waals surface area contributed by atoms with Crippen molar-refractivity contribution in [3.8, 4) is 39.4 Å². The first-order chi connectivity index (χ1) is 20.8. The average molecular weight is 613 g/mol. The van der Waals surface area contributed by atoms with Gasteiger partial charge in [-0.1, -0.05) is 36.4 Å². The zero-order valence-electron chi connectivity index (χ0n) is 23.7. The smallest absolute Gasteiger partial charge is 0.416 e. The number of alkyl halides is 6. The van der Waals surface area contributed by atoms with Crippen LogP contribution in [0.3, 0.4) is 0 Å². The molecule has 0 bridgehead atoms. The molecular formula is C33H26F6N2O3. The fourth-order valence-electron chi connectivity index (χ4n) is 4.82. The van der Waals surface area contributed by atoms with E-state index in [0.717, 1.165) is 24.3 Å². The summed E-state index contributed by atoms with van der Waals surface area (Å²) >= 11 is 0. The molecule has 5 aromatic rings. The Hall–Kier alpha value is -4.80. The van der Waals surface area contributed by atoms with Crippen LogP contribution in [0, 0.1) is 0 Å². The average Bonchev–Trinajstić information content (AvgIpc) is 3.42. The molecule has 3 aromatic carbocycles. The third kappa shape index (κ3) is 6.27. The summed E-state index contributed by atoms with van der Waals surface area (Å²) in [5, 5.41) is 0.404. The maximum Gasteiger partial charge on any atom is 0.416 e. The predicted octanol–water partition coefficient (Wildman–Crippen LogP) is 9.57. The number of nitrogens with zero attached hydrogens (tertiary/aromatic N) is 1. The number of aromatic nitrogens is 2. The summed E-state index contributed by atoms with van der Waals surface area (Å²) in [4.78, 5) is 20.7. The maximum atomic E-state index is 13.4. The Morgan fingerprint density at radius 3 is 1.75 bits per heavy atom. The lowest BCUT2D eigenvalue weighted by Gasteiger charge is -2.16. The Morgan fingerprint density at radius 1 is 0.773 bits per heavy atom. The van der Waals surface area contributed by atoms with E-state index in [0.29, 0.717) is 38.9 Å². The molecule has 11 heteroatoms. The third-order valence-corrected chi connectivity index (χ3v) is 6.76. The summed E-state index contributed by atoms with van der Waals surface area (Å²) in [6, 6.07) is 17.3. The van der Waals surface area contributed by atoms with Crippen molar-refractivity contribution in [2.75, 3.05) is 6.61 Å². The molecule has 0 spiro atoms. The van der Waals surface area contributed by atoms with E-state index < -0.39 is 29.4 Å². The molecule has 0 radical (unpaired) electrons. The highest BCUT2D eigenvalue weighted by Gasteiger charge is 2.32. The van der Waals surface area contributed by atoms with Crippen molar-refractivity contribution < 1.29 is 40.6 Å². The standard InChI is InChI=1S/C33H26F6N2O3/c1-4-43-31(42)26-17-25-28(20-5-11-22(12-6-20)32(34,35)36)41-29(21-7-13-23(14-8-21)33(37,38)39)27(30(25)40-26)19-9-15-24(16-10-19)44-18(2)3/h5-18,40H,4H2,1-3H3. The minimum absolute atomic E-state index is 0.0717. The van der Waals surface area contributed by atoms with Gasteiger partial charge in [-0.2, -0.15) is 26.3 Å². The van der Waals surface area contributed by atoms with Gasteiger partial charge in [0.1, 0.15) is 11.4 Å². The number of halogens is 6. The van der Waals surface area contributed by atoms with Crippen LogP contribution in [0.1, 0.15) is 42.4 Å². The number of rotatable bonds is 7. The van der Waals surface area contributed by atoms with Gasteiger partial charge in [0.05, 0.1) is 40.7 Å². The molecule has 0 saturated heterocycles. The fraction of sp³-hybridized carbons (Fsp3) is 0.212. The van der Waals surface area contributed by atoms with E-state index in [-0.39, 0.29) is 29.8 Å². The number of ether oxygens (including phenoxy) is 2. The second kappa shape index (κ2) is 11.7. The number of carbonyl (C=O) groups excluding carboxylic acids is 1. The van der Waals surface area contributed by atoms with Crippen molar-refractivity contribution in [3.05, 3.63) is 95.7 Å². The van der Waals surface area contributed by atoms with Crippen LogP contribution in [0.4, 0.5) is 26.3 Å². The molecule has 1 N–H and O–H groups in total. The third-order valence-electron chi connectivity index (χ3n) is 6.76. The Kier molecular flexibility index (Phi) is 8.15. The van der Waals surface area contributed by atoms with Crippen LogP contribution in [0.15, 0.2) is 78.9 Å². The van der Waals surface area contributed by atoms with Gasteiger partial charge in [0.15, 0.2) is 0 Å². The Balaban J connectivity index is 1.81. The summed E-state index contributed by atoms with van der Waals surface area (Å²) < 4.78 is 91.1. The molecule has 0 atom stereocenters. The van der Waals surface area contributed by atoms with E-state index in [1.807, 2.05) is 13.8 Å². The second-order valence-electron chi connectivity index (χ2n) is 10.2. The number of H-pyrrole nitrogens is 1. The molecule has 5 rings (SSSR count). The molecule has 0 aliphatic rings. The Labute approximate surface area is 248 Å². The zero-order chi connectivity index (χ0) is 31.8. The SMILES string of the molecule is CCOC(=O)c1cc2c(-c3ccc(C(F)(F)F)cc3)nc(-c3ccc(C(F)(F)F)cc3)c(-c3ccc(OC(C)C)cc3)c2[nH]1. The number of fused-ring (bicyclic) bond motifs is 1. The van der Waals surface area contributed by atoms with Crippen molar-refractivity contribution in [2.45, 2.75) is 39.2 Å². The summed E-state index contributed by atoms with van der Waals surface area (Å²) in [7, 11) is 0. The summed E-state index contributed by atoms with van der Waals surface area (Å²) in [6.07, 6.45) is -9.21. The van der Waals surface area contributed by atoms with Gasteiger partial charge >= 0.3 is 18.3 Å². The highest BCUT2D eigenvalue weighted by molar-refractivity contribution is 6.09. The molecule has 0 fully saturated rings. The van der Waals surface area contributed by atoms with E-state index in [4.69, 9.17) is 14.5 Å². The van der Waals surface area contributed by atoms with Crippen molar-refractivity contribution in [1.82, 2.24) is 9.97 Å². The van der Waals surface area contributed by atoms with Gasteiger partial charge in [-0.25, -0.2) is 9.78 Å². The second-order valence-corrected chi connectivity index (χ2v) is 10.2. The quantitative estimate of drug-likeness (QED) is 0.147. The first-order valence-electron chi connectivity index (χ1n) is 13.6. The van der Waals surface area contributed by atoms with Crippen molar-refractivity contribution >= 4 is 16.9 Å². The fourth-order valence-corrected chi connectivity index (χ4v) is 4.82. The van der Waals surface area contributed by atoms with E-state index in [1.165, 1.54) is 30.3 Å². The van der Waals surface area contributed by atoms with Gasteiger partial charge in [0.25, 0.3) is 0 Å². The van der Waals surface area contributed by atoms with Crippen LogP contribution in [0.5, 0.6) is 5.75 Å². The molecule has 0 aliphatic heterocycles. The van der Waals surface area contributed by atoms with Crippen LogP contribution in [0.2, 0.25) is 0 Å². The number of benzene rings is 3. The van der Waals surface area contributed by atoms with Gasteiger partial charge in [0, 0.05) is 22.1 Å². The number of aromatic amines is 1. The number of pyridine rings is 1. The number of hydrogen-bond donors (Lipinski definition) is 1. The lowest BCUT2D eigenvalue weighted by atomic mass is 9.94.